The number of hydrogen-bond acceptors (Lipinski definition) is 20. The maximum Gasteiger partial charge on any atom is 0.412 e. The highest BCUT2D eigenvalue weighted by Gasteiger charge is 2.45. The van der Waals surface area contributed by atoms with E-state index in [0.29, 0.717) is 71.4 Å². The lowest BCUT2D eigenvalue weighted by Crippen LogP contribution is -2.48. The monoisotopic (exact) mass is 1010 g/mol. The second kappa shape index (κ2) is 25.8. The topological polar surface area (TPSA) is 311 Å². The number of likely N-dealkylation sites (N-methyl/N-ethyl adjacent to an activating group) is 2. The van der Waals surface area contributed by atoms with Crippen LogP contribution in [-0.4, -0.2) is 175 Å². The quantitative estimate of drug-likeness (QED) is 0.0998. The third-order valence-electron chi connectivity index (χ3n) is 9.79. The van der Waals surface area contributed by atoms with Crippen molar-refractivity contribution in [1.82, 2.24) is 49.5 Å². The first kappa shape index (κ1) is 52.8. The fraction of sp³-hybridized carbons (Fsp3) is 0.286. The number of carbonyl (C=O) groups excluding carboxylic acids is 6. The molecule has 8 rings (SSSR count). The van der Waals surface area contributed by atoms with Crippen LogP contribution in [0.2, 0.25) is 10.0 Å². The van der Waals surface area contributed by atoms with Crippen LogP contribution in [0, 0.1) is 0 Å². The van der Waals surface area contributed by atoms with Crippen molar-refractivity contribution in [3.8, 4) is 0 Å². The third kappa shape index (κ3) is 14.4. The molecule has 4 aromatic rings. The molecule has 0 aromatic carbocycles. The molecule has 70 heavy (non-hydrogen) atoms. The average Bonchev–Trinajstić information content (AvgIpc) is 3.78. The van der Waals surface area contributed by atoms with Gasteiger partial charge in [0.15, 0.2) is 11.4 Å². The molecule has 0 bridgehead atoms. The van der Waals surface area contributed by atoms with Gasteiger partial charge in [-0.25, -0.2) is 48.9 Å². The second-order valence-electron chi connectivity index (χ2n) is 14.4. The van der Waals surface area contributed by atoms with Crippen LogP contribution in [0.1, 0.15) is 44.8 Å². The van der Waals surface area contributed by atoms with Gasteiger partial charge >= 0.3 is 24.1 Å². The largest absolute Gasteiger partial charge is 0.478 e. The van der Waals surface area contributed by atoms with Crippen LogP contribution in [0.15, 0.2) is 86.1 Å². The number of anilines is 2. The molecule has 28 heteroatoms. The molecule has 368 valence electrons. The van der Waals surface area contributed by atoms with Gasteiger partial charge in [-0.1, -0.05) is 23.2 Å². The predicted molar refractivity (Wildman–Crippen MR) is 241 cm³/mol. The van der Waals surface area contributed by atoms with E-state index in [2.05, 4.69) is 49.2 Å². The van der Waals surface area contributed by atoms with E-state index in [4.69, 9.17) is 42.9 Å². The van der Waals surface area contributed by atoms with Crippen LogP contribution in [0.25, 0.3) is 0 Å². The maximum absolute atomic E-state index is 12.8. The van der Waals surface area contributed by atoms with E-state index in [1.807, 2.05) is 14.1 Å². The Bertz CT molecular complexity index is 2390. The smallest absolute Gasteiger partial charge is 0.412 e. The van der Waals surface area contributed by atoms with Crippen molar-refractivity contribution in [3.63, 3.8) is 0 Å². The molecule has 0 unspecified atom stereocenters. The van der Waals surface area contributed by atoms with E-state index < -0.39 is 48.4 Å². The van der Waals surface area contributed by atoms with E-state index in [0.717, 1.165) is 38.7 Å². The summed E-state index contributed by atoms with van der Waals surface area (Å²) in [4.78, 5) is 124. The molecular weight excluding hydrogens is 967 g/mol. The summed E-state index contributed by atoms with van der Waals surface area (Å²) in [6.07, 6.45) is 8.57. The molecule has 0 spiro atoms. The van der Waals surface area contributed by atoms with Gasteiger partial charge in [-0.15, -0.1) is 0 Å². The van der Waals surface area contributed by atoms with Crippen molar-refractivity contribution in [2.24, 2.45) is 0 Å². The van der Waals surface area contributed by atoms with Gasteiger partial charge in [0.05, 0.1) is 22.2 Å². The number of carboxylic acid groups (broad SMARTS) is 2. The second-order valence-corrected chi connectivity index (χ2v) is 15.3. The van der Waals surface area contributed by atoms with Crippen molar-refractivity contribution in [2.45, 2.75) is 12.5 Å². The molecule has 0 aliphatic carbocycles. The zero-order valence-corrected chi connectivity index (χ0v) is 38.5. The van der Waals surface area contributed by atoms with E-state index in [9.17, 15) is 38.4 Å². The van der Waals surface area contributed by atoms with Crippen molar-refractivity contribution in [2.75, 3.05) is 76.3 Å². The summed E-state index contributed by atoms with van der Waals surface area (Å²) in [6, 6.07) is 6.40. The normalized spacial score (nSPS) is 17.4. The standard InChI is InChI=1S/2C17H17ClN6O3.2C4H4O4/c2*1-22-6-8-23(9-7-22)17(26)27-16-14-13(19-4-5-20-14)15(25)24(16)12-3-2-11(18)10-21-12;2*5-3-8-2-1-4(6)7/h2*2-5,10,16H,6-9H2,1H3;2*1-3H,(H,6,7)/b;;2*2-1-/t2*16-;;/m00../s1. The Kier molecular flexibility index (Phi) is 19.4. The Morgan fingerprint density at radius 2 is 0.929 bits per heavy atom. The van der Waals surface area contributed by atoms with Gasteiger partial charge in [0, 0.05) is 89.5 Å². The molecule has 0 saturated carbocycles. The number of piperazine rings is 2. The van der Waals surface area contributed by atoms with E-state index in [1.165, 1.54) is 47.0 Å². The Balaban J connectivity index is 0.000000200. The number of nitrogens with zero attached hydrogens (tertiary/aromatic N) is 12. The van der Waals surface area contributed by atoms with E-state index >= 15 is 0 Å². The minimum Gasteiger partial charge on any atom is -0.478 e. The third-order valence-corrected chi connectivity index (χ3v) is 10.2. The van der Waals surface area contributed by atoms with Gasteiger partial charge in [0.1, 0.15) is 35.5 Å². The number of halogens is 2. The number of fused-ring (bicyclic) bond motifs is 2. The van der Waals surface area contributed by atoms with Gasteiger partial charge in [0.25, 0.3) is 24.8 Å². The molecule has 4 aliphatic rings. The summed E-state index contributed by atoms with van der Waals surface area (Å²) in [7, 11) is 4.00. The number of aromatic nitrogens is 6. The minimum absolute atomic E-state index is 0.138. The van der Waals surface area contributed by atoms with Crippen LogP contribution in [0.5, 0.6) is 0 Å². The van der Waals surface area contributed by atoms with Crippen LogP contribution < -0.4 is 9.80 Å². The van der Waals surface area contributed by atoms with Crippen LogP contribution in [-0.2, 0) is 38.1 Å². The molecule has 2 saturated heterocycles. The lowest BCUT2D eigenvalue weighted by Gasteiger charge is -2.33. The van der Waals surface area contributed by atoms with E-state index in [-0.39, 0.29) is 24.3 Å². The van der Waals surface area contributed by atoms with Crippen LogP contribution in [0.4, 0.5) is 21.2 Å². The summed E-state index contributed by atoms with van der Waals surface area (Å²) < 4.78 is 19.2. The van der Waals surface area contributed by atoms with Gasteiger partial charge in [-0.2, -0.15) is 0 Å². The molecule has 4 aromatic heterocycles. The SMILES string of the molecule is CN1CCN(C(=O)O[C@H]2c3nccnc3C(=O)N2c2ccc(Cl)cn2)CC1.CN1CCN(C(=O)O[C@H]2c3nccnc3C(=O)N2c2ccc(Cl)cn2)CC1.O=CO/C=C\C(=O)O.O=CO/C=C\C(=O)O. The van der Waals surface area contributed by atoms with E-state index in [1.54, 1.807) is 34.1 Å². The molecular formula is C42H42Cl2N12O14. The summed E-state index contributed by atoms with van der Waals surface area (Å²) >= 11 is 11.8. The Morgan fingerprint density at radius 1 is 0.571 bits per heavy atom. The number of carbonyl (C=O) groups is 8. The zero-order valence-electron chi connectivity index (χ0n) is 37.0. The predicted octanol–water partition coefficient (Wildman–Crippen LogP) is 2.65. The molecule has 26 nitrogen and oxygen atoms in total. The van der Waals surface area contributed by atoms with Gasteiger partial charge < -0.3 is 48.8 Å². The average molecular weight is 1010 g/mol. The van der Waals surface area contributed by atoms with Crippen LogP contribution in [0.3, 0.4) is 0 Å². The lowest BCUT2D eigenvalue weighted by molar-refractivity contribution is -0.132. The molecule has 2 N–H and O–H groups in total. The molecule has 4 amide bonds. The molecule has 4 aliphatic heterocycles. The van der Waals surface area contributed by atoms with Gasteiger partial charge in [-0.05, 0) is 38.4 Å². The highest BCUT2D eigenvalue weighted by Crippen LogP contribution is 2.37. The fourth-order valence-corrected chi connectivity index (χ4v) is 6.56. The molecule has 2 atom stereocenters. The van der Waals surface area contributed by atoms with Gasteiger partial charge in [-0.3, -0.25) is 29.1 Å². The molecule has 2 fully saturated rings. The Labute approximate surface area is 407 Å². The number of carboxylic acids is 2. The van der Waals surface area contributed by atoms with Crippen molar-refractivity contribution in [1.29, 1.82) is 0 Å². The van der Waals surface area contributed by atoms with Crippen molar-refractivity contribution < 1.29 is 67.5 Å². The summed E-state index contributed by atoms with van der Waals surface area (Å²) in [5.74, 6) is -2.53. The Hall–Kier alpha value is -8.20. The zero-order chi connectivity index (χ0) is 50.7. The van der Waals surface area contributed by atoms with Crippen LogP contribution >= 0.6 is 23.2 Å². The molecule has 0 radical (unpaired) electrons. The number of aliphatic carboxylic acids is 2. The number of hydrogen-bond donors (Lipinski definition) is 2. The number of rotatable bonds is 10. The highest BCUT2D eigenvalue weighted by atomic mass is 35.5. The first-order valence-corrected chi connectivity index (χ1v) is 21.2. The fourth-order valence-electron chi connectivity index (χ4n) is 6.34. The minimum atomic E-state index is -1.15. The summed E-state index contributed by atoms with van der Waals surface area (Å²) in [5, 5.41) is 16.6. The molecule has 8 heterocycles. The lowest BCUT2D eigenvalue weighted by atomic mass is 10.3. The maximum atomic E-state index is 12.8. The van der Waals surface area contributed by atoms with Gasteiger partial charge in [0.2, 0.25) is 12.5 Å². The highest BCUT2D eigenvalue weighted by molar-refractivity contribution is 6.30. The summed E-state index contributed by atoms with van der Waals surface area (Å²) in [6.45, 7) is 5.55. The van der Waals surface area contributed by atoms with Crippen molar-refractivity contribution in [3.05, 3.63) is 119 Å². The van der Waals surface area contributed by atoms with Crippen molar-refractivity contribution >= 4 is 83.7 Å². The Morgan fingerprint density at radius 3 is 1.24 bits per heavy atom. The number of amides is 4. The first-order valence-electron chi connectivity index (χ1n) is 20.4. The first-order chi connectivity index (χ1) is 33.6. The summed E-state index contributed by atoms with van der Waals surface area (Å²) in [5.41, 5.74) is 0.874. The number of ether oxygens (including phenoxy) is 4. The number of pyridine rings is 2.